The van der Waals surface area contributed by atoms with Crippen LogP contribution in [0, 0.1) is 5.41 Å². The minimum absolute atomic E-state index is 0.0134. The highest BCUT2D eigenvalue weighted by atomic mass is 16.3. The Morgan fingerprint density at radius 2 is 2.05 bits per heavy atom. The molecule has 1 aromatic carbocycles. The molecule has 2 aliphatic rings. The zero-order valence-electron chi connectivity index (χ0n) is 12.7. The molecule has 4 nitrogen and oxygen atoms in total. The Balaban J connectivity index is 1.78. The van der Waals surface area contributed by atoms with Crippen molar-refractivity contribution in [2.75, 3.05) is 33.3 Å². The van der Waals surface area contributed by atoms with Crippen molar-refractivity contribution in [1.82, 2.24) is 9.80 Å². The minimum Gasteiger partial charge on any atom is -0.396 e. The normalized spacial score (nSPS) is 30.0. The second kappa shape index (κ2) is 5.78. The van der Waals surface area contributed by atoms with Crippen molar-refractivity contribution in [2.45, 2.75) is 25.3 Å². The molecule has 2 fully saturated rings. The molecule has 2 saturated heterocycles. The molecule has 21 heavy (non-hydrogen) atoms. The number of benzene rings is 1. The van der Waals surface area contributed by atoms with Crippen LogP contribution in [0.4, 0.5) is 0 Å². The third-order valence-electron chi connectivity index (χ3n) is 5.32. The van der Waals surface area contributed by atoms with Crippen LogP contribution in [0.1, 0.15) is 29.6 Å². The zero-order valence-corrected chi connectivity index (χ0v) is 12.7. The predicted octanol–water partition coefficient (Wildman–Crippen LogP) is 1.61. The van der Waals surface area contributed by atoms with E-state index < -0.39 is 0 Å². The van der Waals surface area contributed by atoms with E-state index in [0.29, 0.717) is 0 Å². The van der Waals surface area contributed by atoms with Gasteiger partial charge in [-0.05, 0) is 45.0 Å². The Labute approximate surface area is 126 Å². The average Bonchev–Trinajstić information content (AvgIpc) is 2.55. The highest BCUT2D eigenvalue weighted by Gasteiger charge is 2.47. The molecule has 1 N–H and O–H groups in total. The lowest BCUT2D eigenvalue weighted by molar-refractivity contribution is -0.0601. The summed E-state index contributed by atoms with van der Waals surface area (Å²) in [4.78, 5) is 16.9. The maximum absolute atomic E-state index is 12.6. The number of nitrogens with zero attached hydrogens (tertiary/aromatic N) is 2. The molecule has 1 amide bonds. The van der Waals surface area contributed by atoms with Gasteiger partial charge < -0.3 is 14.9 Å². The number of carbonyl (C=O) groups is 1. The molecule has 0 saturated carbocycles. The van der Waals surface area contributed by atoms with Crippen molar-refractivity contribution in [3.63, 3.8) is 0 Å². The number of likely N-dealkylation sites (N-methyl/N-ethyl adjacent to an activating group) is 1. The lowest BCUT2D eigenvalue weighted by Gasteiger charge is -2.53. The second-order valence-corrected chi connectivity index (χ2v) is 6.49. The van der Waals surface area contributed by atoms with Crippen LogP contribution in [0.15, 0.2) is 30.3 Å². The summed E-state index contributed by atoms with van der Waals surface area (Å²) < 4.78 is 0. The molecule has 0 bridgehead atoms. The first-order valence-electron chi connectivity index (χ1n) is 7.82. The van der Waals surface area contributed by atoms with E-state index in [1.54, 1.807) is 0 Å². The molecule has 3 rings (SSSR count). The van der Waals surface area contributed by atoms with Gasteiger partial charge in [0.25, 0.3) is 5.91 Å². The van der Waals surface area contributed by atoms with Crippen molar-refractivity contribution in [3.8, 4) is 0 Å². The molecule has 2 heterocycles. The summed E-state index contributed by atoms with van der Waals surface area (Å²) in [6.45, 7) is 2.76. The van der Waals surface area contributed by atoms with Gasteiger partial charge in [0.2, 0.25) is 0 Å². The molecule has 0 spiro atoms. The Bertz CT molecular complexity index is 505. The first-order valence-corrected chi connectivity index (χ1v) is 7.82. The molecule has 2 atom stereocenters. The van der Waals surface area contributed by atoms with Gasteiger partial charge in [0.15, 0.2) is 0 Å². The Hall–Kier alpha value is -1.39. The van der Waals surface area contributed by atoms with Crippen molar-refractivity contribution in [3.05, 3.63) is 35.9 Å². The van der Waals surface area contributed by atoms with Crippen LogP contribution in [0.3, 0.4) is 0 Å². The highest BCUT2D eigenvalue weighted by molar-refractivity contribution is 5.94. The number of piperidine rings is 2. The van der Waals surface area contributed by atoms with Crippen molar-refractivity contribution in [2.24, 2.45) is 5.41 Å². The zero-order chi connectivity index (χ0) is 14.9. The average molecular weight is 288 g/mol. The fourth-order valence-corrected chi connectivity index (χ4v) is 3.96. The summed E-state index contributed by atoms with van der Waals surface area (Å²) in [5.74, 6) is 0.112. The molecule has 0 unspecified atom stereocenters. The molecule has 0 radical (unpaired) electrons. The van der Waals surface area contributed by atoms with Gasteiger partial charge in [-0.25, -0.2) is 0 Å². The van der Waals surface area contributed by atoms with Crippen LogP contribution in [0.25, 0.3) is 0 Å². The Morgan fingerprint density at radius 1 is 1.29 bits per heavy atom. The topological polar surface area (TPSA) is 43.8 Å². The standard InChI is InChI=1S/C17H24N2O2/c1-18-10-5-8-17(13-20)9-11-19(12-15(17)18)16(21)14-6-3-2-4-7-14/h2-4,6-7,15,20H,5,8-13H2,1H3/t15-,17-/m1/s1. The van der Waals surface area contributed by atoms with Gasteiger partial charge in [0, 0.05) is 30.1 Å². The molecule has 114 valence electrons. The summed E-state index contributed by atoms with van der Waals surface area (Å²) in [5.41, 5.74) is 0.743. The number of fused-ring (bicyclic) bond motifs is 1. The molecule has 4 heteroatoms. The van der Waals surface area contributed by atoms with Crippen molar-refractivity contribution < 1.29 is 9.90 Å². The molecular weight excluding hydrogens is 264 g/mol. The van der Waals surface area contributed by atoms with E-state index in [4.69, 9.17) is 0 Å². The van der Waals surface area contributed by atoms with Crippen LogP contribution in [0.2, 0.25) is 0 Å². The van der Waals surface area contributed by atoms with Crippen LogP contribution < -0.4 is 0 Å². The summed E-state index contributed by atoms with van der Waals surface area (Å²) in [6.07, 6.45) is 3.11. The number of carbonyl (C=O) groups excluding carboxylic acids is 1. The third kappa shape index (κ3) is 2.58. The van der Waals surface area contributed by atoms with Crippen molar-refractivity contribution in [1.29, 1.82) is 0 Å². The monoisotopic (exact) mass is 288 g/mol. The molecule has 1 aromatic rings. The Morgan fingerprint density at radius 3 is 2.76 bits per heavy atom. The molecule has 0 aliphatic carbocycles. The molecule has 2 aliphatic heterocycles. The summed E-state index contributed by atoms with van der Waals surface area (Å²) >= 11 is 0. The number of hydrogen-bond acceptors (Lipinski definition) is 3. The fraction of sp³-hybridized carbons (Fsp3) is 0.588. The van der Waals surface area contributed by atoms with Crippen LogP contribution in [-0.2, 0) is 0 Å². The van der Waals surface area contributed by atoms with E-state index >= 15 is 0 Å². The van der Waals surface area contributed by atoms with E-state index in [1.165, 1.54) is 0 Å². The number of hydrogen-bond donors (Lipinski definition) is 1. The van der Waals surface area contributed by atoms with E-state index in [1.807, 2.05) is 35.2 Å². The summed E-state index contributed by atoms with van der Waals surface area (Å²) in [7, 11) is 2.12. The smallest absolute Gasteiger partial charge is 0.253 e. The van der Waals surface area contributed by atoms with E-state index in [9.17, 15) is 9.90 Å². The highest BCUT2D eigenvalue weighted by Crippen LogP contribution is 2.41. The van der Waals surface area contributed by atoms with E-state index in [0.717, 1.165) is 44.5 Å². The second-order valence-electron chi connectivity index (χ2n) is 6.49. The number of rotatable bonds is 2. The number of aliphatic hydroxyl groups excluding tert-OH is 1. The first kappa shape index (κ1) is 14.5. The third-order valence-corrected chi connectivity index (χ3v) is 5.32. The lowest BCUT2D eigenvalue weighted by atomic mass is 9.69. The summed E-state index contributed by atoms with van der Waals surface area (Å²) in [5, 5.41) is 9.91. The predicted molar refractivity (Wildman–Crippen MR) is 82.1 cm³/mol. The van der Waals surface area contributed by atoms with Crippen molar-refractivity contribution >= 4 is 5.91 Å². The van der Waals surface area contributed by atoms with E-state index in [2.05, 4.69) is 11.9 Å². The Kier molecular flexibility index (Phi) is 4.00. The van der Waals surface area contributed by atoms with Gasteiger partial charge in [-0.2, -0.15) is 0 Å². The lowest BCUT2D eigenvalue weighted by Crippen LogP contribution is -2.62. The van der Waals surface area contributed by atoms with Crippen LogP contribution in [0.5, 0.6) is 0 Å². The quantitative estimate of drug-likeness (QED) is 0.899. The van der Waals surface area contributed by atoms with Gasteiger partial charge >= 0.3 is 0 Å². The van der Waals surface area contributed by atoms with E-state index in [-0.39, 0.29) is 24.0 Å². The largest absolute Gasteiger partial charge is 0.396 e. The number of amides is 1. The van der Waals surface area contributed by atoms with Gasteiger partial charge in [-0.3, -0.25) is 4.79 Å². The van der Waals surface area contributed by atoms with Gasteiger partial charge in [0.05, 0.1) is 6.61 Å². The van der Waals surface area contributed by atoms with Gasteiger partial charge in [-0.15, -0.1) is 0 Å². The SMILES string of the molecule is CN1CCC[C@]2(CO)CCN(C(=O)c3ccccc3)C[C@@H]12. The maximum atomic E-state index is 12.6. The van der Waals surface area contributed by atoms with Gasteiger partial charge in [-0.1, -0.05) is 18.2 Å². The van der Waals surface area contributed by atoms with Gasteiger partial charge in [0.1, 0.15) is 0 Å². The molecular formula is C17H24N2O2. The minimum atomic E-state index is -0.0134. The summed E-state index contributed by atoms with van der Waals surface area (Å²) in [6, 6.07) is 9.77. The maximum Gasteiger partial charge on any atom is 0.253 e. The van der Waals surface area contributed by atoms with Crippen LogP contribution >= 0.6 is 0 Å². The van der Waals surface area contributed by atoms with Crippen LogP contribution in [-0.4, -0.2) is 60.1 Å². The fourth-order valence-electron chi connectivity index (χ4n) is 3.96. The number of aliphatic hydroxyl groups is 1. The molecule has 0 aromatic heterocycles. The first-order chi connectivity index (χ1) is 10.2. The number of likely N-dealkylation sites (tertiary alicyclic amines) is 2.